The lowest BCUT2D eigenvalue weighted by molar-refractivity contribution is -0.142. The maximum absolute atomic E-state index is 13.5. The predicted octanol–water partition coefficient (Wildman–Crippen LogP) is 3.77. The summed E-state index contributed by atoms with van der Waals surface area (Å²) in [6.45, 7) is 6.42. The van der Waals surface area contributed by atoms with Gasteiger partial charge in [-0.2, -0.15) is 5.26 Å². The normalized spacial score (nSPS) is 16.1. The standard InChI is InChI=1S/C30H30FN7O2S/c1-19-15-33-25-8-7-22(37-11-9-36(10-12-37)18-27(40)38-16-23(39)17-38)13-24(25)29(19)35(2)30-34-28(26(14-32)41-30)20-3-5-21(31)6-4-20/h3-8,13,15,23,39H,9-12,16-18H2,1-2H3. The zero-order chi connectivity index (χ0) is 28.7. The van der Waals surface area contributed by atoms with Gasteiger partial charge in [0, 0.05) is 69.2 Å². The van der Waals surface area contributed by atoms with Gasteiger partial charge in [0.2, 0.25) is 5.91 Å². The van der Waals surface area contributed by atoms with Crippen LogP contribution in [0.4, 0.5) is 20.9 Å². The Morgan fingerprint density at radius 3 is 2.59 bits per heavy atom. The Kier molecular flexibility index (Phi) is 7.30. The largest absolute Gasteiger partial charge is 0.389 e. The van der Waals surface area contributed by atoms with Crippen LogP contribution < -0.4 is 9.80 Å². The van der Waals surface area contributed by atoms with Crippen molar-refractivity contribution in [3.05, 3.63) is 64.9 Å². The number of likely N-dealkylation sites (tertiary alicyclic amines) is 1. The smallest absolute Gasteiger partial charge is 0.236 e. The fourth-order valence-electron chi connectivity index (χ4n) is 5.45. The lowest BCUT2D eigenvalue weighted by Crippen LogP contribution is -2.57. The van der Waals surface area contributed by atoms with Crippen LogP contribution in [0.5, 0.6) is 0 Å². The minimum Gasteiger partial charge on any atom is -0.389 e. The number of nitriles is 1. The molecule has 1 amide bonds. The minimum atomic E-state index is -0.383. The number of halogens is 1. The number of anilines is 3. The molecule has 2 fully saturated rings. The molecular weight excluding hydrogens is 541 g/mol. The second kappa shape index (κ2) is 11.0. The average Bonchev–Trinajstić information content (AvgIpc) is 3.40. The first-order chi connectivity index (χ1) is 19.8. The quantitative estimate of drug-likeness (QED) is 0.374. The summed E-state index contributed by atoms with van der Waals surface area (Å²) in [5, 5.41) is 20.9. The fourth-order valence-corrected chi connectivity index (χ4v) is 6.30. The molecule has 2 aromatic heterocycles. The number of rotatable bonds is 6. The highest BCUT2D eigenvalue weighted by Crippen LogP contribution is 2.39. The number of thiazole rings is 1. The Hall–Kier alpha value is -4.11. The fraction of sp³-hybridized carbons (Fsp3) is 0.333. The molecule has 1 N–H and O–H groups in total. The van der Waals surface area contributed by atoms with Crippen LogP contribution >= 0.6 is 11.3 Å². The average molecular weight is 572 g/mol. The molecule has 0 bridgehead atoms. The molecule has 0 atom stereocenters. The van der Waals surface area contributed by atoms with E-state index in [2.05, 4.69) is 33.0 Å². The number of fused-ring (bicyclic) bond motifs is 1. The van der Waals surface area contributed by atoms with Gasteiger partial charge in [-0.3, -0.25) is 14.7 Å². The van der Waals surface area contributed by atoms with Crippen LogP contribution in [0.3, 0.4) is 0 Å². The molecule has 6 rings (SSSR count). The molecule has 9 nitrogen and oxygen atoms in total. The third kappa shape index (κ3) is 5.34. The number of aromatic nitrogens is 2. The van der Waals surface area contributed by atoms with Crippen LogP contribution in [0.25, 0.3) is 22.2 Å². The van der Waals surface area contributed by atoms with Gasteiger partial charge in [0.25, 0.3) is 0 Å². The van der Waals surface area contributed by atoms with E-state index < -0.39 is 0 Å². The van der Waals surface area contributed by atoms with Crippen molar-refractivity contribution >= 4 is 44.7 Å². The van der Waals surface area contributed by atoms with E-state index >= 15 is 0 Å². The number of nitrogens with zero attached hydrogens (tertiary/aromatic N) is 7. The van der Waals surface area contributed by atoms with Crippen LogP contribution in [0.2, 0.25) is 0 Å². The van der Waals surface area contributed by atoms with Crippen molar-refractivity contribution in [3.63, 3.8) is 0 Å². The first-order valence-electron chi connectivity index (χ1n) is 13.5. The molecule has 2 aliphatic heterocycles. The molecule has 4 heterocycles. The van der Waals surface area contributed by atoms with Crippen molar-refractivity contribution in [1.29, 1.82) is 5.26 Å². The van der Waals surface area contributed by atoms with Crippen LogP contribution in [0.15, 0.2) is 48.7 Å². The summed E-state index contributed by atoms with van der Waals surface area (Å²) in [6, 6.07) is 14.5. The van der Waals surface area contributed by atoms with Crippen molar-refractivity contribution in [3.8, 4) is 17.3 Å². The third-order valence-electron chi connectivity index (χ3n) is 7.77. The number of hydrogen-bond acceptors (Lipinski definition) is 9. The summed E-state index contributed by atoms with van der Waals surface area (Å²) in [5.41, 5.74) is 5.12. The molecule has 0 spiro atoms. The molecule has 4 aromatic rings. The van der Waals surface area contributed by atoms with Crippen LogP contribution in [0.1, 0.15) is 10.4 Å². The van der Waals surface area contributed by atoms with Gasteiger partial charge in [-0.15, -0.1) is 0 Å². The van der Waals surface area contributed by atoms with Crippen molar-refractivity contribution in [2.75, 3.05) is 62.7 Å². The maximum Gasteiger partial charge on any atom is 0.236 e. The summed E-state index contributed by atoms with van der Waals surface area (Å²) >= 11 is 1.30. The highest BCUT2D eigenvalue weighted by Gasteiger charge is 2.30. The highest BCUT2D eigenvalue weighted by molar-refractivity contribution is 7.16. The van der Waals surface area contributed by atoms with Crippen molar-refractivity contribution in [2.24, 2.45) is 0 Å². The first kappa shape index (κ1) is 27.1. The number of hydrogen-bond donors (Lipinski definition) is 1. The zero-order valence-corrected chi connectivity index (χ0v) is 23.7. The van der Waals surface area contributed by atoms with Crippen LogP contribution in [0, 0.1) is 24.1 Å². The van der Waals surface area contributed by atoms with E-state index in [1.165, 1.54) is 23.5 Å². The van der Waals surface area contributed by atoms with E-state index in [9.17, 15) is 19.6 Å². The molecule has 0 unspecified atom stereocenters. The van der Waals surface area contributed by atoms with Gasteiger partial charge in [0.05, 0.1) is 23.9 Å². The number of piperazine rings is 1. The molecule has 0 radical (unpaired) electrons. The maximum atomic E-state index is 13.5. The van der Waals surface area contributed by atoms with E-state index in [-0.39, 0.29) is 17.8 Å². The van der Waals surface area contributed by atoms with Gasteiger partial charge in [-0.05, 0) is 55.0 Å². The number of benzene rings is 2. The van der Waals surface area contributed by atoms with E-state index in [4.69, 9.17) is 4.98 Å². The van der Waals surface area contributed by atoms with E-state index in [0.717, 1.165) is 54.0 Å². The van der Waals surface area contributed by atoms with Crippen LogP contribution in [-0.2, 0) is 4.79 Å². The van der Waals surface area contributed by atoms with Gasteiger partial charge in [-0.1, -0.05) is 11.3 Å². The third-order valence-corrected chi connectivity index (χ3v) is 8.81. The minimum absolute atomic E-state index is 0.0769. The van der Waals surface area contributed by atoms with Gasteiger partial charge in [-0.25, -0.2) is 9.37 Å². The number of aryl methyl sites for hydroxylation is 1. The number of carbonyl (C=O) groups is 1. The summed E-state index contributed by atoms with van der Waals surface area (Å²) in [5.74, 6) is -0.259. The lowest BCUT2D eigenvalue weighted by Gasteiger charge is -2.39. The molecule has 0 saturated carbocycles. The second-order valence-electron chi connectivity index (χ2n) is 10.6. The molecule has 2 saturated heterocycles. The summed E-state index contributed by atoms with van der Waals surface area (Å²) in [6.07, 6.45) is 1.46. The van der Waals surface area contributed by atoms with Gasteiger partial charge >= 0.3 is 0 Å². The molecule has 210 valence electrons. The Bertz CT molecular complexity index is 1640. The number of aliphatic hydroxyl groups is 1. The van der Waals surface area contributed by atoms with Crippen molar-refractivity contribution in [2.45, 2.75) is 13.0 Å². The molecule has 0 aliphatic carbocycles. The van der Waals surface area contributed by atoms with Crippen LogP contribution in [-0.4, -0.2) is 89.7 Å². The van der Waals surface area contributed by atoms with Gasteiger partial charge < -0.3 is 19.8 Å². The van der Waals surface area contributed by atoms with Gasteiger partial charge in [0.15, 0.2) is 5.13 Å². The predicted molar refractivity (Wildman–Crippen MR) is 158 cm³/mol. The summed E-state index contributed by atoms with van der Waals surface area (Å²) in [7, 11) is 1.94. The number of pyridine rings is 1. The number of amides is 1. The Labute approximate surface area is 241 Å². The molecule has 2 aliphatic rings. The van der Waals surface area contributed by atoms with E-state index in [0.29, 0.717) is 40.9 Å². The Balaban J connectivity index is 1.24. The molecular formula is C30H30FN7O2S. The number of β-amino-alcohol motifs (C(OH)–C–C–N with tert-alkyl or cyclic N) is 1. The van der Waals surface area contributed by atoms with E-state index in [1.807, 2.05) is 31.1 Å². The second-order valence-corrected chi connectivity index (χ2v) is 11.5. The molecule has 11 heteroatoms. The van der Waals surface area contributed by atoms with Crippen molar-refractivity contribution < 1.29 is 14.3 Å². The number of aliphatic hydroxyl groups excluding tert-OH is 1. The van der Waals surface area contributed by atoms with E-state index in [1.54, 1.807) is 17.0 Å². The van der Waals surface area contributed by atoms with Crippen molar-refractivity contribution in [1.82, 2.24) is 19.8 Å². The topological polar surface area (TPSA) is 99.8 Å². The zero-order valence-electron chi connectivity index (χ0n) is 22.9. The monoisotopic (exact) mass is 571 g/mol. The van der Waals surface area contributed by atoms with Gasteiger partial charge in [0.1, 0.15) is 22.5 Å². The number of carbonyl (C=O) groups excluding carboxylic acids is 1. The lowest BCUT2D eigenvalue weighted by atomic mass is 10.1. The Morgan fingerprint density at radius 2 is 1.90 bits per heavy atom. The molecule has 41 heavy (non-hydrogen) atoms. The Morgan fingerprint density at radius 1 is 1.17 bits per heavy atom. The summed E-state index contributed by atoms with van der Waals surface area (Å²) in [4.78, 5) is 30.6. The highest BCUT2D eigenvalue weighted by atomic mass is 32.1. The summed E-state index contributed by atoms with van der Waals surface area (Å²) < 4.78 is 13.5. The molecule has 2 aromatic carbocycles. The first-order valence-corrected chi connectivity index (χ1v) is 14.4. The SMILES string of the molecule is Cc1cnc2ccc(N3CCN(CC(=O)N4CC(O)C4)CC3)cc2c1N(C)c1nc(-c2ccc(F)cc2)c(C#N)s1.